The van der Waals surface area contributed by atoms with Gasteiger partial charge in [-0.05, 0) is 88.8 Å². The van der Waals surface area contributed by atoms with Gasteiger partial charge in [0.15, 0.2) is 0 Å². The molecule has 9 rings (SSSR count). The van der Waals surface area contributed by atoms with Gasteiger partial charge in [-0.2, -0.15) is 9.07 Å². The summed E-state index contributed by atoms with van der Waals surface area (Å²) in [7, 11) is 0. The van der Waals surface area contributed by atoms with Gasteiger partial charge in [0.25, 0.3) is 5.56 Å². The van der Waals surface area contributed by atoms with Gasteiger partial charge in [-0.3, -0.25) is 9.36 Å². The molecule has 2 fully saturated rings. The minimum Gasteiger partial charge on any atom is -0.287 e. The van der Waals surface area contributed by atoms with E-state index in [1.165, 1.54) is 53.0 Å². The molecule has 4 unspecified atom stereocenters. The van der Waals surface area contributed by atoms with Crippen LogP contribution in [-0.4, -0.2) is 35.5 Å². The standard InChI is InChI=1S/C34H29ClFN7O/c1-17-8-19-4-5-20(10-22(19)11-21(17)9-18-2-3-18)24-14-29(38-33(24)36)32-25-13-26(25)34-39-28(15-31(44)43(32)34)27-12-23(35)6-7-30(27)42-16-37-40-41-42/h4-7,10,12,15-16,18,21,25-26,32H,1-3,8-9,11,13-14H2. The molecule has 2 aromatic carbocycles. The highest BCUT2D eigenvalue weighted by Gasteiger charge is 2.56. The second kappa shape index (κ2) is 9.63. The van der Waals surface area contributed by atoms with Crippen molar-refractivity contribution in [3.8, 4) is 16.9 Å². The van der Waals surface area contributed by atoms with Crippen molar-refractivity contribution in [1.29, 1.82) is 0 Å². The van der Waals surface area contributed by atoms with Gasteiger partial charge in [0.2, 0.25) is 5.95 Å². The molecule has 2 aliphatic heterocycles. The van der Waals surface area contributed by atoms with Gasteiger partial charge in [0, 0.05) is 40.3 Å². The zero-order valence-electron chi connectivity index (χ0n) is 24.0. The number of fused-ring (bicyclic) bond motifs is 4. The first-order chi connectivity index (χ1) is 21.4. The van der Waals surface area contributed by atoms with Gasteiger partial charge in [-0.1, -0.05) is 54.8 Å². The van der Waals surface area contributed by atoms with Gasteiger partial charge in [-0.25, -0.2) is 9.98 Å². The smallest absolute Gasteiger partial charge is 0.254 e. The molecule has 4 atom stereocenters. The zero-order valence-corrected chi connectivity index (χ0v) is 24.7. The first-order valence-electron chi connectivity index (χ1n) is 15.3. The number of hydrogen-bond donors (Lipinski definition) is 0. The number of rotatable bonds is 6. The van der Waals surface area contributed by atoms with Gasteiger partial charge in [-0.15, -0.1) is 5.10 Å². The van der Waals surface area contributed by atoms with Crippen LogP contribution in [0.3, 0.4) is 0 Å². The topological polar surface area (TPSA) is 90.8 Å². The molecule has 0 amide bonds. The van der Waals surface area contributed by atoms with Crippen molar-refractivity contribution in [1.82, 2.24) is 29.8 Å². The highest BCUT2D eigenvalue weighted by molar-refractivity contribution is 6.31. The number of nitrogens with zero attached hydrogens (tertiary/aromatic N) is 7. The lowest BCUT2D eigenvalue weighted by atomic mass is 9.77. The Morgan fingerprint density at radius 2 is 1.95 bits per heavy atom. The van der Waals surface area contributed by atoms with E-state index in [1.807, 2.05) is 6.07 Å². The predicted molar refractivity (Wildman–Crippen MR) is 165 cm³/mol. The van der Waals surface area contributed by atoms with Crippen LogP contribution in [0.25, 0.3) is 22.5 Å². The van der Waals surface area contributed by atoms with Crippen LogP contribution in [-0.2, 0) is 12.8 Å². The van der Waals surface area contributed by atoms with E-state index in [9.17, 15) is 4.79 Å². The summed E-state index contributed by atoms with van der Waals surface area (Å²) in [6.45, 7) is 4.38. The van der Waals surface area contributed by atoms with Crippen LogP contribution in [0.1, 0.15) is 66.6 Å². The summed E-state index contributed by atoms with van der Waals surface area (Å²) in [6, 6.07) is 12.9. The summed E-state index contributed by atoms with van der Waals surface area (Å²) in [6.07, 6.45) is 8.56. The molecule has 0 saturated heterocycles. The van der Waals surface area contributed by atoms with Crippen LogP contribution >= 0.6 is 11.6 Å². The van der Waals surface area contributed by atoms with Gasteiger partial charge in [0.1, 0.15) is 12.2 Å². The van der Waals surface area contributed by atoms with E-state index in [-0.39, 0.29) is 23.4 Å². The number of allylic oxidation sites excluding steroid dienone is 2. The molecule has 10 heteroatoms. The van der Waals surface area contributed by atoms with E-state index in [4.69, 9.17) is 16.6 Å². The third-order valence-corrected chi connectivity index (χ3v) is 10.4. The molecule has 8 nitrogen and oxygen atoms in total. The number of tetrazole rings is 1. The number of hydrogen-bond acceptors (Lipinski definition) is 6. The lowest BCUT2D eigenvalue weighted by molar-refractivity contribution is 0.495. The molecular formula is C34H29ClFN7O. The highest BCUT2D eigenvalue weighted by atomic mass is 35.5. The largest absolute Gasteiger partial charge is 0.287 e. The van der Waals surface area contributed by atoms with Crippen molar-refractivity contribution in [2.45, 2.75) is 56.9 Å². The minimum atomic E-state index is -0.442. The molecular weight excluding hydrogens is 577 g/mol. The maximum atomic E-state index is 15.6. The third-order valence-electron chi connectivity index (χ3n) is 10.2. The van der Waals surface area contributed by atoms with Crippen LogP contribution in [0.15, 0.2) is 76.7 Å². The summed E-state index contributed by atoms with van der Waals surface area (Å²) in [5, 5.41) is 12.0. The van der Waals surface area contributed by atoms with Crippen molar-refractivity contribution in [2.24, 2.45) is 22.7 Å². The van der Waals surface area contributed by atoms with Crippen molar-refractivity contribution in [3.63, 3.8) is 0 Å². The molecule has 3 aliphatic carbocycles. The van der Waals surface area contributed by atoms with E-state index < -0.39 is 5.95 Å². The Hall–Kier alpha value is -4.24. The zero-order chi connectivity index (χ0) is 29.7. The first kappa shape index (κ1) is 26.2. The summed E-state index contributed by atoms with van der Waals surface area (Å²) >= 11 is 6.35. The number of aromatic nitrogens is 6. The highest BCUT2D eigenvalue weighted by Crippen LogP contribution is 2.60. The Labute approximate surface area is 258 Å². The second-order valence-corrected chi connectivity index (χ2v) is 13.5. The number of aliphatic imine (C=N–C) groups is 1. The fourth-order valence-electron chi connectivity index (χ4n) is 7.68. The SMILES string of the molecule is C=C1Cc2ccc(C3=C(F)N=C(C4C5CC5c5nc(-c6cc(Cl)ccc6-n6cnnn6)cc(=O)n54)C3)cc2CC1CC1CC1. The molecule has 44 heavy (non-hydrogen) atoms. The molecule has 4 heterocycles. The van der Waals surface area contributed by atoms with Crippen LogP contribution in [0.5, 0.6) is 0 Å². The van der Waals surface area contributed by atoms with Crippen molar-refractivity contribution >= 4 is 22.9 Å². The summed E-state index contributed by atoms with van der Waals surface area (Å²) in [4.78, 5) is 23.2. The maximum absolute atomic E-state index is 15.6. The van der Waals surface area contributed by atoms with Crippen molar-refractivity contribution < 1.29 is 4.39 Å². The normalized spacial score (nSPS) is 25.1. The monoisotopic (exact) mass is 605 g/mol. The summed E-state index contributed by atoms with van der Waals surface area (Å²) in [5.74, 6) is 1.97. The summed E-state index contributed by atoms with van der Waals surface area (Å²) in [5.41, 5.74) is 7.79. The Kier molecular flexibility index (Phi) is 5.73. The Bertz CT molecular complexity index is 2010. The van der Waals surface area contributed by atoms with E-state index in [1.54, 1.807) is 22.8 Å². The molecule has 0 bridgehead atoms. The van der Waals surface area contributed by atoms with Crippen LogP contribution in [0.2, 0.25) is 5.02 Å². The van der Waals surface area contributed by atoms with Crippen molar-refractivity contribution in [2.75, 3.05) is 0 Å². The second-order valence-electron chi connectivity index (χ2n) is 13.0. The van der Waals surface area contributed by atoms with Gasteiger partial charge in [0.05, 0.1) is 17.4 Å². The molecule has 2 aromatic heterocycles. The van der Waals surface area contributed by atoms with Crippen LogP contribution < -0.4 is 5.56 Å². The molecule has 0 radical (unpaired) electrons. The van der Waals surface area contributed by atoms with Crippen molar-refractivity contribution in [3.05, 3.63) is 105 Å². The van der Waals surface area contributed by atoms with E-state index >= 15 is 4.39 Å². The van der Waals surface area contributed by atoms with E-state index in [2.05, 4.69) is 39.2 Å². The minimum absolute atomic E-state index is 0.137. The molecule has 0 N–H and O–H groups in total. The quantitative estimate of drug-likeness (QED) is 0.186. The lowest BCUT2D eigenvalue weighted by Gasteiger charge is -2.28. The average Bonchev–Trinajstić information content (AvgIpc) is 3.85. The molecule has 0 spiro atoms. The average molecular weight is 606 g/mol. The summed E-state index contributed by atoms with van der Waals surface area (Å²) < 4.78 is 18.8. The number of benzene rings is 2. The van der Waals surface area contributed by atoms with E-state index in [0.717, 1.165) is 36.6 Å². The lowest BCUT2D eigenvalue weighted by Crippen LogP contribution is -2.30. The van der Waals surface area contributed by atoms with Gasteiger partial charge < -0.3 is 0 Å². The fraction of sp³-hybridized carbons (Fsp3) is 0.353. The fourth-order valence-corrected chi connectivity index (χ4v) is 7.85. The Morgan fingerprint density at radius 3 is 2.77 bits per heavy atom. The van der Waals surface area contributed by atoms with Crippen LogP contribution in [0, 0.1) is 17.8 Å². The molecule has 2 saturated carbocycles. The number of halogens is 2. The molecule has 4 aromatic rings. The molecule has 5 aliphatic rings. The van der Waals surface area contributed by atoms with E-state index in [0.29, 0.717) is 45.6 Å². The Balaban J connectivity index is 1.01. The Morgan fingerprint density at radius 1 is 1.07 bits per heavy atom. The maximum Gasteiger partial charge on any atom is 0.254 e. The third kappa shape index (κ3) is 4.24. The van der Waals surface area contributed by atoms with Gasteiger partial charge >= 0.3 is 0 Å². The van der Waals surface area contributed by atoms with Crippen LogP contribution in [0.4, 0.5) is 4.39 Å². The first-order valence-corrected chi connectivity index (χ1v) is 15.7. The predicted octanol–water partition coefficient (Wildman–Crippen LogP) is 6.45. The molecule has 220 valence electrons.